The zero-order valence-corrected chi connectivity index (χ0v) is 9.77. The summed E-state index contributed by atoms with van der Waals surface area (Å²) in [6.45, 7) is 10.4. The van der Waals surface area contributed by atoms with Crippen LogP contribution in [0.3, 0.4) is 0 Å². The molecule has 0 saturated carbocycles. The summed E-state index contributed by atoms with van der Waals surface area (Å²) in [6.07, 6.45) is 8.26. The molecule has 14 heavy (non-hydrogen) atoms. The minimum absolute atomic E-state index is 0.443. The lowest BCUT2D eigenvalue weighted by Crippen LogP contribution is -1.98. The molecule has 0 heterocycles. The second-order valence-corrected chi connectivity index (χ2v) is 3.77. The second-order valence-electron chi connectivity index (χ2n) is 3.77. The number of allylic oxidation sites excluding steroid dienone is 3. The fourth-order valence-electron chi connectivity index (χ4n) is 1.40. The molecule has 0 aromatic carbocycles. The van der Waals surface area contributed by atoms with E-state index in [-0.39, 0.29) is 0 Å². The number of nitrogens with one attached hydrogen (secondary N) is 1. The Labute approximate surface area is 88.4 Å². The van der Waals surface area contributed by atoms with Gasteiger partial charge in [0.2, 0.25) is 0 Å². The van der Waals surface area contributed by atoms with E-state index >= 15 is 0 Å². The predicted octanol–water partition coefficient (Wildman–Crippen LogP) is 4.35. The Morgan fingerprint density at radius 2 is 1.93 bits per heavy atom. The van der Waals surface area contributed by atoms with E-state index in [9.17, 15) is 0 Å². The third kappa shape index (κ3) is 5.00. The van der Waals surface area contributed by atoms with Crippen LogP contribution in [0.1, 0.15) is 46.5 Å². The highest BCUT2D eigenvalue weighted by atomic mass is 14.3. The Balaban J connectivity index is 3.88. The van der Waals surface area contributed by atoms with Crippen LogP contribution in [0, 0.1) is 11.3 Å². The first kappa shape index (κ1) is 13.2. The molecule has 0 bridgehead atoms. The van der Waals surface area contributed by atoms with E-state index in [1.54, 1.807) is 0 Å². The van der Waals surface area contributed by atoms with Gasteiger partial charge in [-0.3, -0.25) is 0 Å². The van der Waals surface area contributed by atoms with Crippen LogP contribution in [0.4, 0.5) is 0 Å². The highest BCUT2D eigenvalue weighted by Crippen LogP contribution is 2.15. The molecule has 0 amide bonds. The van der Waals surface area contributed by atoms with Crippen molar-refractivity contribution in [3.8, 4) is 0 Å². The topological polar surface area (TPSA) is 23.9 Å². The van der Waals surface area contributed by atoms with E-state index in [0.29, 0.717) is 5.92 Å². The molecule has 0 radical (unpaired) electrons. The second kappa shape index (κ2) is 7.54. The molecule has 0 rings (SSSR count). The van der Waals surface area contributed by atoms with Crippen LogP contribution < -0.4 is 0 Å². The van der Waals surface area contributed by atoms with Crippen molar-refractivity contribution in [1.82, 2.24) is 0 Å². The van der Waals surface area contributed by atoms with Gasteiger partial charge in [0, 0.05) is 6.21 Å². The Bertz CT molecular complexity index is 207. The Morgan fingerprint density at radius 3 is 2.36 bits per heavy atom. The molecule has 80 valence electrons. The Morgan fingerprint density at radius 1 is 1.36 bits per heavy atom. The van der Waals surface area contributed by atoms with Crippen molar-refractivity contribution in [2.24, 2.45) is 5.92 Å². The van der Waals surface area contributed by atoms with E-state index in [4.69, 9.17) is 5.41 Å². The summed E-state index contributed by atoms with van der Waals surface area (Å²) in [5, 5.41) is 7.09. The van der Waals surface area contributed by atoms with E-state index in [1.807, 2.05) is 0 Å². The standard InChI is InChI=1S/C13H23N/c1-5-13(6-2)9-7-8-11(3)12(4)10-14/h9-11,14H,4-8H2,1-3H3. The van der Waals surface area contributed by atoms with Crippen LogP contribution in [0.5, 0.6) is 0 Å². The molecule has 0 saturated heterocycles. The largest absolute Gasteiger partial charge is 0.308 e. The number of rotatable bonds is 7. The summed E-state index contributed by atoms with van der Waals surface area (Å²) in [5.41, 5.74) is 2.48. The summed E-state index contributed by atoms with van der Waals surface area (Å²) >= 11 is 0. The molecular formula is C13H23N. The van der Waals surface area contributed by atoms with Crippen molar-refractivity contribution in [2.75, 3.05) is 0 Å². The van der Waals surface area contributed by atoms with Crippen molar-refractivity contribution in [3.63, 3.8) is 0 Å². The van der Waals surface area contributed by atoms with E-state index < -0.39 is 0 Å². The zero-order chi connectivity index (χ0) is 11.0. The van der Waals surface area contributed by atoms with Crippen LogP contribution in [0.25, 0.3) is 0 Å². The highest BCUT2D eigenvalue weighted by Gasteiger charge is 2.02. The van der Waals surface area contributed by atoms with Crippen molar-refractivity contribution in [3.05, 3.63) is 23.8 Å². The zero-order valence-electron chi connectivity index (χ0n) is 9.77. The molecule has 0 aliphatic carbocycles. The van der Waals surface area contributed by atoms with Crippen LogP contribution >= 0.6 is 0 Å². The van der Waals surface area contributed by atoms with Crippen molar-refractivity contribution in [2.45, 2.75) is 46.5 Å². The first-order valence-corrected chi connectivity index (χ1v) is 5.52. The van der Waals surface area contributed by atoms with Crippen molar-refractivity contribution >= 4 is 6.21 Å². The van der Waals surface area contributed by atoms with Crippen LogP contribution in [-0.2, 0) is 0 Å². The summed E-state index contributed by atoms with van der Waals surface area (Å²) in [6, 6.07) is 0. The molecule has 0 spiro atoms. The SMILES string of the molecule is C=C(C=N)C(C)CCC=C(CC)CC. The summed E-state index contributed by atoms with van der Waals surface area (Å²) in [5.74, 6) is 0.443. The van der Waals surface area contributed by atoms with Gasteiger partial charge in [-0.1, -0.05) is 39.0 Å². The average molecular weight is 193 g/mol. The fourth-order valence-corrected chi connectivity index (χ4v) is 1.40. The smallest absolute Gasteiger partial charge is 0.0206 e. The highest BCUT2D eigenvalue weighted by molar-refractivity contribution is 5.75. The number of hydrogen-bond donors (Lipinski definition) is 1. The van der Waals surface area contributed by atoms with E-state index in [1.165, 1.54) is 11.8 Å². The predicted molar refractivity (Wildman–Crippen MR) is 65.0 cm³/mol. The van der Waals surface area contributed by atoms with Gasteiger partial charge >= 0.3 is 0 Å². The van der Waals surface area contributed by atoms with Gasteiger partial charge < -0.3 is 5.41 Å². The molecule has 1 nitrogen and oxygen atoms in total. The maximum Gasteiger partial charge on any atom is 0.0206 e. The van der Waals surface area contributed by atoms with Crippen molar-refractivity contribution in [1.29, 1.82) is 5.41 Å². The summed E-state index contributed by atoms with van der Waals surface area (Å²) in [7, 11) is 0. The monoisotopic (exact) mass is 193 g/mol. The molecule has 0 aromatic rings. The normalized spacial score (nSPS) is 11.9. The van der Waals surface area contributed by atoms with Gasteiger partial charge in [0.1, 0.15) is 0 Å². The van der Waals surface area contributed by atoms with Gasteiger partial charge in [-0.2, -0.15) is 0 Å². The maximum absolute atomic E-state index is 7.09. The third-order valence-corrected chi connectivity index (χ3v) is 2.76. The van der Waals surface area contributed by atoms with Crippen LogP contribution in [0.2, 0.25) is 0 Å². The fraction of sp³-hybridized carbons (Fsp3) is 0.615. The van der Waals surface area contributed by atoms with E-state index in [2.05, 4.69) is 33.4 Å². The maximum atomic E-state index is 7.09. The molecule has 1 N–H and O–H groups in total. The lowest BCUT2D eigenvalue weighted by molar-refractivity contribution is 0.641. The first-order valence-electron chi connectivity index (χ1n) is 5.52. The van der Waals surface area contributed by atoms with Gasteiger partial charge in [0.25, 0.3) is 0 Å². The quantitative estimate of drug-likeness (QED) is 0.459. The van der Waals surface area contributed by atoms with E-state index in [0.717, 1.165) is 31.3 Å². The molecule has 0 aliphatic heterocycles. The molecule has 0 aromatic heterocycles. The molecule has 0 aliphatic rings. The molecule has 1 heteroatoms. The first-order chi connectivity index (χ1) is 6.65. The average Bonchev–Trinajstić information content (AvgIpc) is 2.22. The van der Waals surface area contributed by atoms with Gasteiger partial charge in [0.15, 0.2) is 0 Å². The minimum atomic E-state index is 0.443. The van der Waals surface area contributed by atoms with Gasteiger partial charge in [-0.25, -0.2) is 0 Å². The lowest BCUT2D eigenvalue weighted by Gasteiger charge is -2.09. The Kier molecular flexibility index (Phi) is 7.09. The molecule has 1 unspecified atom stereocenters. The lowest BCUT2D eigenvalue weighted by atomic mass is 9.97. The van der Waals surface area contributed by atoms with Crippen molar-refractivity contribution < 1.29 is 0 Å². The summed E-state index contributed by atoms with van der Waals surface area (Å²) in [4.78, 5) is 0. The third-order valence-electron chi connectivity index (χ3n) is 2.76. The van der Waals surface area contributed by atoms with Gasteiger partial charge in [0.05, 0.1) is 0 Å². The van der Waals surface area contributed by atoms with Gasteiger partial charge in [-0.05, 0) is 37.2 Å². The molecule has 0 fully saturated rings. The Hall–Kier alpha value is -0.850. The molecular weight excluding hydrogens is 170 g/mol. The minimum Gasteiger partial charge on any atom is -0.308 e. The number of hydrogen-bond acceptors (Lipinski definition) is 1. The molecule has 1 atom stereocenters. The van der Waals surface area contributed by atoms with Crippen LogP contribution in [0.15, 0.2) is 23.8 Å². The van der Waals surface area contributed by atoms with Gasteiger partial charge in [-0.15, -0.1) is 0 Å². The van der Waals surface area contributed by atoms with Crippen LogP contribution in [-0.4, -0.2) is 6.21 Å². The summed E-state index contributed by atoms with van der Waals surface area (Å²) < 4.78 is 0.